The van der Waals surface area contributed by atoms with Gasteiger partial charge in [0.1, 0.15) is 17.5 Å². The summed E-state index contributed by atoms with van der Waals surface area (Å²) in [5.41, 5.74) is 3.84. The van der Waals surface area contributed by atoms with Crippen LogP contribution in [0, 0.1) is 6.92 Å². The summed E-state index contributed by atoms with van der Waals surface area (Å²) in [6.07, 6.45) is -4.24. The Morgan fingerprint density at radius 2 is 1.66 bits per heavy atom. The predicted molar refractivity (Wildman–Crippen MR) is 113 cm³/mol. The van der Waals surface area contributed by atoms with Crippen molar-refractivity contribution in [3.05, 3.63) is 76.6 Å². The van der Waals surface area contributed by atoms with Crippen molar-refractivity contribution in [3.63, 3.8) is 0 Å². The number of aryl methyl sites for hydroxylation is 1. The molecule has 2 aromatic carbocycles. The van der Waals surface area contributed by atoms with Gasteiger partial charge in [0.15, 0.2) is 6.61 Å². The number of H-pyrrole nitrogens is 1. The molecule has 3 aromatic rings. The zero-order valence-electron chi connectivity index (χ0n) is 18.0. The summed E-state index contributed by atoms with van der Waals surface area (Å²) < 4.78 is 41.9. The molecule has 9 heteroatoms. The first-order chi connectivity index (χ1) is 15.1. The van der Waals surface area contributed by atoms with Gasteiger partial charge in [-0.25, -0.2) is 0 Å². The van der Waals surface area contributed by atoms with Crippen molar-refractivity contribution in [2.75, 3.05) is 6.61 Å². The van der Waals surface area contributed by atoms with Gasteiger partial charge in [-0.2, -0.15) is 28.6 Å². The van der Waals surface area contributed by atoms with Crippen molar-refractivity contribution in [1.29, 1.82) is 0 Å². The maximum absolute atomic E-state index is 12.8. The quantitative estimate of drug-likeness (QED) is 0.529. The molecule has 0 bridgehead atoms. The lowest BCUT2D eigenvalue weighted by atomic mass is 10.00. The minimum absolute atomic E-state index is 0.0817. The van der Waals surface area contributed by atoms with Crippen molar-refractivity contribution in [1.82, 2.24) is 20.7 Å². The molecule has 0 radical (unpaired) electrons. The second-order valence-corrected chi connectivity index (χ2v) is 7.84. The maximum atomic E-state index is 12.8. The van der Waals surface area contributed by atoms with Crippen LogP contribution in [0.4, 0.5) is 13.2 Å². The third-order valence-corrected chi connectivity index (χ3v) is 4.96. The van der Waals surface area contributed by atoms with E-state index in [1.54, 1.807) is 19.1 Å². The molecule has 1 aromatic heterocycles. The predicted octanol–water partition coefficient (Wildman–Crippen LogP) is 4.63. The summed E-state index contributed by atoms with van der Waals surface area (Å²) in [6, 6.07) is 13.3. The first-order valence-corrected chi connectivity index (χ1v) is 10.2. The van der Waals surface area contributed by atoms with Gasteiger partial charge in [0, 0.05) is 0 Å². The average Bonchev–Trinajstić information content (AvgIpc) is 3.16. The van der Waals surface area contributed by atoms with Gasteiger partial charge in [0.25, 0.3) is 0 Å². The Bertz CT molecular complexity index is 1030. The Balaban J connectivity index is 1.75. The molecule has 0 spiro atoms. The van der Waals surface area contributed by atoms with E-state index in [2.05, 4.69) is 34.6 Å². The zero-order valence-corrected chi connectivity index (χ0v) is 18.0. The van der Waals surface area contributed by atoms with Crippen molar-refractivity contribution in [3.8, 4) is 5.75 Å². The normalized spacial score (nSPS) is 12.6. The van der Waals surface area contributed by atoms with E-state index in [0.717, 1.165) is 5.56 Å². The molecule has 32 heavy (non-hydrogen) atoms. The number of aromatic nitrogens is 3. The smallest absolute Gasteiger partial charge is 0.422 e. The highest BCUT2D eigenvalue weighted by molar-refractivity contribution is 5.79. The highest BCUT2D eigenvalue weighted by atomic mass is 19.4. The molecule has 0 saturated heterocycles. The molecule has 0 fully saturated rings. The van der Waals surface area contributed by atoms with Crippen LogP contribution in [0.2, 0.25) is 0 Å². The number of nitrogens with zero attached hydrogens (tertiary/aromatic N) is 2. The molecular formula is C23H25F3N4O2. The van der Waals surface area contributed by atoms with E-state index < -0.39 is 18.8 Å². The molecule has 0 aliphatic rings. The number of carbonyl (C=O) groups is 1. The third-order valence-electron chi connectivity index (χ3n) is 4.96. The Labute approximate surface area is 184 Å². The minimum Gasteiger partial charge on any atom is -0.484 e. The van der Waals surface area contributed by atoms with Crippen LogP contribution in [0.5, 0.6) is 5.75 Å². The van der Waals surface area contributed by atoms with Crippen molar-refractivity contribution in [2.24, 2.45) is 0 Å². The number of ether oxygens (including phenoxy) is 1. The van der Waals surface area contributed by atoms with Gasteiger partial charge >= 0.3 is 6.18 Å². The molecule has 3 rings (SSSR count). The molecule has 6 nitrogen and oxygen atoms in total. The molecule has 1 amide bonds. The molecule has 1 heterocycles. The van der Waals surface area contributed by atoms with Crippen molar-refractivity contribution >= 4 is 5.91 Å². The van der Waals surface area contributed by atoms with E-state index in [1.807, 2.05) is 24.3 Å². The lowest BCUT2D eigenvalue weighted by Crippen LogP contribution is -2.31. The number of rotatable bonds is 8. The Morgan fingerprint density at radius 1 is 1.03 bits per heavy atom. The average molecular weight is 446 g/mol. The standard InChI is InChI=1S/C23H25F3N4O2/c1-14(2)17-6-4-16(5-7-17)12-20(31)27-22(21-15(3)28-30-29-21)18-8-10-19(11-9-18)32-13-23(24,25)26/h4-11,14,22H,12-13H2,1-3H3,(H,27,31)(H,28,29,30)/t22-/m0/s1. The summed E-state index contributed by atoms with van der Waals surface area (Å²) in [6.45, 7) is 4.59. The molecule has 2 N–H and O–H groups in total. The van der Waals surface area contributed by atoms with E-state index in [4.69, 9.17) is 4.74 Å². The van der Waals surface area contributed by atoms with Crippen LogP contribution in [-0.2, 0) is 11.2 Å². The van der Waals surface area contributed by atoms with Crippen molar-refractivity contribution in [2.45, 2.75) is 45.3 Å². The fraction of sp³-hybridized carbons (Fsp3) is 0.348. The number of benzene rings is 2. The summed E-state index contributed by atoms with van der Waals surface area (Å²) in [5.74, 6) is 0.269. The fourth-order valence-electron chi connectivity index (χ4n) is 3.21. The van der Waals surface area contributed by atoms with Crippen LogP contribution in [0.15, 0.2) is 48.5 Å². The lowest BCUT2D eigenvalue weighted by Gasteiger charge is -2.19. The van der Waals surface area contributed by atoms with E-state index in [9.17, 15) is 18.0 Å². The van der Waals surface area contributed by atoms with Crippen LogP contribution >= 0.6 is 0 Å². The molecule has 0 saturated carbocycles. The number of halogens is 3. The molecular weight excluding hydrogens is 421 g/mol. The topological polar surface area (TPSA) is 79.9 Å². The van der Waals surface area contributed by atoms with Gasteiger partial charge in [0.05, 0.1) is 12.1 Å². The van der Waals surface area contributed by atoms with E-state index in [0.29, 0.717) is 22.9 Å². The number of alkyl halides is 3. The SMILES string of the molecule is Cc1n[nH]nc1[C@@H](NC(=O)Cc1ccc(C(C)C)cc1)c1ccc(OCC(F)(F)F)cc1. The first kappa shape index (κ1) is 23.3. The molecule has 1 atom stereocenters. The second-order valence-electron chi connectivity index (χ2n) is 7.84. The Morgan fingerprint density at radius 3 is 2.19 bits per heavy atom. The van der Waals surface area contributed by atoms with Crippen LogP contribution in [0.25, 0.3) is 0 Å². The van der Waals surface area contributed by atoms with E-state index in [1.165, 1.54) is 17.7 Å². The highest BCUT2D eigenvalue weighted by Gasteiger charge is 2.28. The van der Waals surface area contributed by atoms with Crippen LogP contribution in [-0.4, -0.2) is 34.1 Å². The van der Waals surface area contributed by atoms with Crippen LogP contribution in [0.3, 0.4) is 0 Å². The summed E-state index contributed by atoms with van der Waals surface area (Å²) >= 11 is 0. The largest absolute Gasteiger partial charge is 0.484 e. The second kappa shape index (κ2) is 9.84. The van der Waals surface area contributed by atoms with E-state index >= 15 is 0 Å². The third kappa shape index (κ3) is 6.32. The van der Waals surface area contributed by atoms with Gasteiger partial charge in [-0.1, -0.05) is 50.2 Å². The molecule has 170 valence electrons. The first-order valence-electron chi connectivity index (χ1n) is 10.2. The molecule has 0 aliphatic heterocycles. The Hall–Kier alpha value is -3.36. The van der Waals surface area contributed by atoms with Gasteiger partial charge in [-0.15, -0.1) is 0 Å². The molecule has 0 aliphatic carbocycles. The highest BCUT2D eigenvalue weighted by Crippen LogP contribution is 2.26. The van der Waals surface area contributed by atoms with Gasteiger partial charge in [-0.05, 0) is 41.7 Å². The zero-order chi connectivity index (χ0) is 23.3. The number of hydrogen-bond acceptors (Lipinski definition) is 4. The molecule has 0 unspecified atom stereocenters. The number of carbonyl (C=O) groups excluding carboxylic acids is 1. The van der Waals surface area contributed by atoms with Crippen molar-refractivity contribution < 1.29 is 22.7 Å². The van der Waals surface area contributed by atoms with Gasteiger partial charge in [0.2, 0.25) is 5.91 Å². The summed E-state index contributed by atoms with van der Waals surface area (Å²) in [4.78, 5) is 12.8. The van der Waals surface area contributed by atoms with Crippen LogP contribution < -0.4 is 10.1 Å². The number of amides is 1. The monoisotopic (exact) mass is 446 g/mol. The lowest BCUT2D eigenvalue weighted by molar-refractivity contribution is -0.153. The minimum atomic E-state index is -4.42. The summed E-state index contributed by atoms with van der Waals surface area (Å²) in [7, 11) is 0. The summed E-state index contributed by atoms with van der Waals surface area (Å²) in [5, 5.41) is 13.7. The number of aromatic amines is 1. The fourth-order valence-corrected chi connectivity index (χ4v) is 3.21. The van der Waals surface area contributed by atoms with E-state index in [-0.39, 0.29) is 18.1 Å². The number of nitrogens with one attached hydrogen (secondary N) is 2. The van der Waals surface area contributed by atoms with Crippen LogP contribution in [0.1, 0.15) is 53.9 Å². The Kier molecular flexibility index (Phi) is 7.17. The van der Waals surface area contributed by atoms with Gasteiger partial charge in [-0.3, -0.25) is 4.79 Å². The van der Waals surface area contributed by atoms with Gasteiger partial charge < -0.3 is 10.1 Å². The maximum Gasteiger partial charge on any atom is 0.422 e. The number of hydrogen-bond donors (Lipinski definition) is 2.